The third-order valence-corrected chi connectivity index (χ3v) is 4.22. The van der Waals surface area contributed by atoms with Gasteiger partial charge in [0.2, 0.25) is 0 Å². The van der Waals surface area contributed by atoms with Gasteiger partial charge in [-0.1, -0.05) is 17.7 Å². The maximum atomic E-state index is 13.3. The molecule has 2 N–H and O–H groups in total. The number of rotatable bonds is 6. The maximum absolute atomic E-state index is 13.3. The van der Waals surface area contributed by atoms with Gasteiger partial charge in [-0.15, -0.1) is 0 Å². The van der Waals surface area contributed by atoms with Crippen LogP contribution < -0.4 is 5.32 Å². The Kier molecular flexibility index (Phi) is 6.55. The first-order chi connectivity index (χ1) is 10.6. The number of allylic oxidation sites excluding steroid dienone is 1. The predicted octanol–water partition coefficient (Wildman–Crippen LogP) is 2.84. The first kappa shape index (κ1) is 17.1. The van der Waals surface area contributed by atoms with E-state index >= 15 is 0 Å². The number of hydrogen-bond acceptors (Lipinski definition) is 3. The number of nitrogens with zero attached hydrogens (tertiary/aromatic N) is 1. The highest BCUT2D eigenvalue weighted by Crippen LogP contribution is 2.14. The number of benzene rings is 1. The zero-order valence-corrected chi connectivity index (χ0v) is 13.6. The topological polar surface area (TPSA) is 35.5 Å². The van der Waals surface area contributed by atoms with Crippen LogP contribution in [0.15, 0.2) is 29.8 Å². The predicted molar refractivity (Wildman–Crippen MR) is 88.1 cm³/mol. The molecule has 2 rings (SSSR count). The van der Waals surface area contributed by atoms with Crippen LogP contribution in [-0.2, 0) is 13.2 Å². The first-order valence-corrected chi connectivity index (χ1v) is 8.05. The van der Waals surface area contributed by atoms with Gasteiger partial charge in [0.05, 0.1) is 6.61 Å². The van der Waals surface area contributed by atoms with E-state index in [0.717, 1.165) is 44.6 Å². The Morgan fingerprint density at radius 2 is 2.09 bits per heavy atom. The minimum Gasteiger partial charge on any atom is -0.392 e. The van der Waals surface area contributed by atoms with Crippen molar-refractivity contribution < 1.29 is 9.50 Å². The molecule has 4 heteroatoms. The summed E-state index contributed by atoms with van der Waals surface area (Å²) >= 11 is 0. The highest BCUT2D eigenvalue weighted by Gasteiger charge is 2.17. The molecule has 0 unspecified atom stereocenters. The van der Waals surface area contributed by atoms with Gasteiger partial charge in [0.25, 0.3) is 0 Å². The maximum Gasteiger partial charge on any atom is 0.128 e. The molecule has 0 atom stereocenters. The fourth-order valence-corrected chi connectivity index (χ4v) is 2.75. The van der Waals surface area contributed by atoms with Gasteiger partial charge in [0, 0.05) is 24.7 Å². The summed E-state index contributed by atoms with van der Waals surface area (Å²) in [6.07, 6.45) is 4.57. The summed E-state index contributed by atoms with van der Waals surface area (Å²) in [6, 6.07) is 5.48. The van der Waals surface area contributed by atoms with Crippen molar-refractivity contribution in [3.8, 4) is 0 Å². The average Bonchev–Trinajstić information content (AvgIpc) is 2.53. The number of aliphatic hydroxyl groups excluding tert-OH is 1. The van der Waals surface area contributed by atoms with Crippen molar-refractivity contribution >= 4 is 0 Å². The summed E-state index contributed by atoms with van der Waals surface area (Å²) in [5, 5.41) is 12.7. The Labute approximate surface area is 132 Å². The van der Waals surface area contributed by atoms with Crippen LogP contribution in [0.1, 0.15) is 37.8 Å². The minimum atomic E-state index is -0.334. The molecule has 1 saturated heterocycles. The zero-order valence-electron chi connectivity index (χ0n) is 13.6. The van der Waals surface area contributed by atoms with Crippen molar-refractivity contribution in [1.29, 1.82) is 0 Å². The van der Waals surface area contributed by atoms with E-state index in [0.29, 0.717) is 11.6 Å². The van der Waals surface area contributed by atoms with Gasteiger partial charge in [-0.05, 0) is 57.5 Å². The van der Waals surface area contributed by atoms with E-state index < -0.39 is 0 Å². The summed E-state index contributed by atoms with van der Waals surface area (Å²) in [7, 11) is 0. The monoisotopic (exact) mass is 306 g/mol. The van der Waals surface area contributed by atoms with Crippen LogP contribution in [0.4, 0.5) is 4.39 Å². The van der Waals surface area contributed by atoms with Gasteiger partial charge in [0.1, 0.15) is 5.82 Å². The van der Waals surface area contributed by atoms with E-state index in [9.17, 15) is 4.39 Å². The molecule has 1 aromatic rings. The van der Waals surface area contributed by atoms with Gasteiger partial charge in [-0.2, -0.15) is 0 Å². The lowest BCUT2D eigenvalue weighted by Gasteiger charge is -2.32. The lowest BCUT2D eigenvalue weighted by Crippen LogP contribution is -2.42. The van der Waals surface area contributed by atoms with Crippen molar-refractivity contribution in [2.24, 2.45) is 0 Å². The fraction of sp³-hybridized carbons (Fsp3) is 0.556. The molecule has 1 aliphatic rings. The molecular weight excluding hydrogens is 279 g/mol. The highest BCUT2D eigenvalue weighted by molar-refractivity contribution is 5.24. The van der Waals surface area contributed by atoms with E-state index in [1.165, 1.54) is 11.6 Å². The van der Waals surface area contributed by atoms with Crippen LogP contribution in [-0.4, -0.2) is 35.7 Å². The van der Waals surface area contributed by atoms with Crippen molar-refractivity contribution in [3.63, 3.8) is 0 Å². The number of nitrogens with one attached hydrogen (secondary N) is 1. The van der Waals surface area contributed by atoms with Crippen molar-refractivity contribution in [3.05, 3.63) is 46.8 Å². The highest BCUT2D eigenvalue weighted by atomic mass is 19.1. The van der Waals surface area contributed by atoms with E-state index in [1.807, 2.05) is 0 Å². The molecule has 22 heavy (non-hydrogen) atoms. The molecule has 0 radical (unpaired) electrons. The summed E-state index contributed by atoms with van der Waals surface area (Å²) in [4.78, 5) is 2.48. The quantitative estimate of drug-likeness (QED) is 0.793. The molecule has 1 fully saturated rings. The molecule has 1 heterocycles. The Balaban J connectivity index is 1.76. The SMILES string of the molecule is CC(C)=CCN1CCC(NCc2ccc(F)c(CO)c2)CC1. The third kappa shape index (κ3) is 5.20. The molecular formula is C18H27FN2O. The Hall–Kier alpha value is -1.23. The summed E-state index contributed by atoms with van der Waals surface area (Å²) in [5.41, 5.74) is 2.77. The Morgan fingerprint density at radius 3 is 2.73 bits per heavy atom. The Morgan fingerprint density at radius 1 is 1.36 bits per heavy atom. The van der Waals surface area contributed by atoms with Crippen LogP contribution in [0.3, 0.4) is 0 Å². The molecule has 122 valence electrons. The minimum absolute atomic E-state index is 0.248. The molecule has 3 nitrogen and oxygen atoms in total. The third-order valence-electron chi connectivity index (χ3n) is 4.22. The second-order valence-electron chi connectivity index (χ2n) is 6.32. The molecule has 0 aliphatic carbocycles. The van der Waals surface area contributed by atoms with Crippen LogP contribution in [0.5, 0.6) is 0 Å². The summed E-state index contributed by atoms with van der Waals surface area (Å²) < 4.78 is 13.3. The Bertz CT molecular complexity index is 504. The van der Waals surface area contributed by atoms with Crippen LogP contribution in [0.25, 0.3) is 0 Å². The molecule has 0 aromatic heterocycles. The second kappa shape index (κ2) is 8.42. The number of halogens is 1. The van der Waals surface area contributed by atoms with E-state index in [1.54, 1.807) is 12.1 Å². The first-order valence-electron chi connectivity index (χ1n) is 8.05. The largest absolute Gasteiger partial charge is 0.392 e. The van der Waals surface area contributed by atoms with Crippen LogP contribution in [0, 0.1) is 5.82 Å². The molecule has 0 amide bonds. The van der Waals surface area contributed by atoms with Gasteiger partial charge in [-0.25, -0.2) is 4.39 Å². The van der Waals surface area contributed by atoms with Crippen LogP contribution >= 0.6 is 0 Å². The molecule has 0 bridgehead atoms. The molecule has 1 aromatic carbocycles. The number of aliphatic hydroxyl groups is 1. The van der Waals surface area contributed by atoms with E-state index in [2.05, 4.69) is 30.1 Å². The zero-order chi connectivity index (χ0) is 15.9. The van der Waals surface area contributed by atoms with Gasteiger partial charge < -0.3 is 10.4 Å². The van der Waals surface area contributed by atoms with Crippen molar-refractivity contribution in [2.75, 3.05) is 19.6 Å². The van der Waals surface area contributed by atoms with E-state index in [-0.39, 0.29) is 12.4 Å². The van der Waals surface area contributed by atoms with Gasteiger partial charge in [-0.3, -0.25) is 4.90 Å². The molecule has 0 saturated carbocycles. The van der Waals surface area contributed by atoms with Crippen molar-refractivity contribution in [1.82, 2.24) is 10.2 Å². The lowest BCUT2D eigenvalue weighted by molar-refractivity contribution is 0.214. The second-order valence-corrected chi connectivity index (χ2v) is 6.32. The summed E-state index contributed by atoms with van der Waals surface area (Å²) in [6.45, 7) is 8.04. The molecule has 0 spiro atoms. The van der Waals surface area contributed by atoms with E-state index in [4.69, 9.17) is 5.11 Å². The lowest BCUT2D eigenvalue weighted by atomic mass is 10.0. The fourth-order valence-electron chi connectivity index (χ4n) is 2.75. The number of likely N-dealkylation sites (tertiary alicyclic amines) is 1. The van der Waals surface area contributed by atoms with Crippen molar-refractivity contribution in [2.45, 2.75) is 45.9 Å². The molecule has 1 aliphatic heterocycles. The average molecular weight is 306 g/mol. The standard InChI is InChI=1S/C18H27FN2O/c1-14(2)5-8-21-9-6-17(7-10-21)20-12-15-3-4-18(19)16(11-15)13-22/h3-5,11,17,20,22H,6-10,12-13H2,1-2H3. The normalized spacial score (nSPS) is 16.7. The van der Waals surface area contributed by atoms with Gasteiger partial charge in [0.15, 0.2) is 0 Å². The van der Waals surface area contributed by atoms with Crippen LogP contribution in [0.2, 0.25) is 0 Å². The van der Waals surface area contributed by atoms with Gasteiger partial charge >= 0.3 is 0 Å². The summed E-state index contributed by atoms with van der Waals surface area (Å²) in [5.74, 6) is -0.334. The smallest absolute Gasteiger partial charge is 0.128 e. The number of hydrogen-bond donors (Lipinski definition) is 2. The number of piperidine rings is 1.